The SMILES string of the molecule is O=C(NCc1ccccc1)c1cccc(Oc2ccnc3cc(Br)ccc23)c1. The van der Waals surface area contributed by atoms with E-state index in [9.17, 15) is 4.79 Å². The van der Waals surface area contributed by atoms with Gasteiger partial charge in [-0.25, -0.2) is 0 Å². The van der Waals surface area contributed by atoms with E-state index in [1.807, 2.05) is 66.7 Å². The summed E-state index contributed by atoms with van der Waals surface area (Å²) in [5.74, 6) is 1.15. The van der Waals surface area contributed by atoms with Gasteiger partial charge in [0.25, 0.3) is 5.91 Å². The summed E-state index contributed by atoms with van der Waals surface area (Å²) in [6.45, 7) is 0.481. The molecule has 28 heavy (non-hydrogen) atoms. The van der Waals surface area contributed by atoms with Crippen LogP contribution in [0.25, 0.3) is 10.9 Å². The third-order valence-corrected chi connectivity index (χ3v) is 4.78. The molecule has 0 atom stereocenters. The lowest BCUT2D eigenvalue weighted by atomic mass is 10.1. The fourth-order valence-corrected chi connectivity index (χ4v) is 3.24. The van der Waals surface area contributed by atoms with E-state index in [0.717, 1.165) is 20.9 Å². The number of nitrogens with one attached hydrogen (secondary N) is 1. The zero-order chi connectivity index (χ0) is 19.3. The maximum Gasteiger partial charge on any atom is 0.251 e. The van der Waals surface area contributed by atoms with Gasteiger partial charge in [0.15, 0.2) is 0 Å². The first-order chi connectivity index (χ1) is 13.7. The van der Waals surface area contributed by atoms with Crippen molar-refractivity contribution in [1.82, 2.24) is 10.3 Å². The summed E-state index contributed by atoms with van der Waals surface area (Å²) < 4.78 is 7.01. The lowest BCUT2D eigenvalue weighted by Crippen LogP contribution is -2.22. The van der Waals surface area contributed by atoms with Crippen molar-refractivity contribution >= 4 is 32.7 Å². The van der Waals surface area contributed by atoms with Crippen LogP contribution in [-0.4, -0.2) is 10.9 Å². The van der Waals surface area contributed by atoms with Crippen LogP contribution in [0.3, 0.4) is 0 Å². The Bertz CT molecular complexity index is 1130. The first-order valence-electron chi connectivity index (χ1n) is 8.83. The van der Waals surface area contributed by atoms with Crippen LogP contribution in [0.5, 0.6) is 11.5 Å². The molecule has 0 saturated carbocycles. The largest absolute Gasteiger partial charge is 0.457 e. The summed E-state index contributed by atoms with van der Waals surface area (Å²) in [6.07, 6.45) is 1.71. The molecule has 4 rings (SSSR count). The number of carbonyl (C=O) groups is 1. The van der Waals surface area contributed by atoms with E-state index >= 15 is 0 Å². The molecule has 0 radical (unpaired) electrons. The minimum Gasteiger partial charge on any atom is -0.457 e. The third kappa shape index (κ3) is 4.21. The number of aromatic nitrogens is 1. The van der Waals surface area contributed by atoms with E-state index in [0.29, 0.717) is 23.6 Å². The molecule has 0 unspecified atom stereocenters. The molecule has 0 spiro atoms. The molecule has 0 aliphatic heterocycles. The molecule has 0 saturated heterocycles. The van der Waals surface area contributed by atoms with Crippen LogP contribution in [0.2, 0.25) is 0 Å². The smallest absolute Gasteiger partial charge is 0.251 e. The Kier molecular flexibility index (Phi) is 5.35. The molecule has 1 aromatic heterocycles. The Labute approximate surface area is 171 Å². The average Bonchev–Trinajstić information content (AvgIpc) is 2.73. The molecule has 0 aliphatic carbocycles. The molecule has 138 valence electrons. The Hall–Kier alpha value is -3.18. The van der Waals surface area contributed by atoms with Gasteiger partial charge in [-0.05, 0) is 48.0 Å². The molecule has 1 N–H and O–H groups in total. The van der Waals surface area contributed by atoms with E-state index in [2.05, 4.69) is 26.2 Å². The van der Waals surface area contributed by atoms with Crippen LogP contribution in [-0.2, 0) is 6.54 Å². The molecule has 0 aliphatic rings. The van der Waals surface area contributed by atoms with Crippen LogP contribution in [0.15, 0.2) is 89.5 Å². The zero-order valence-corrected chi connectivity index (χ0v) is 16.5. The van der Waals surface area contributed by atoms with Gasteiger partial charge < -0.3 is 10.1 Å². The Morgan fingerprint density at radius 2 is 1.82 bits per heavy atom. The molecule has 4 nitrogen and oxygen atoms in total. The van der Waals surface area contributed by atoms with Crippen molar-refractivity contribution in [1.29, 1.82) is 0 Å². The number of amides is 1. The number of halogens is 1. The average molecular weight is 433 g/mol. The number of nitrogens with zero attached hydrogens (tertiary/aromatic N) is 1. The monoisotopic (exact) mass is 432 g/mol. The molecular weight excluding hydrogens is 416 g/mol. The highest BCUT2D eigenvalue weighted by molar-refractivity contribution is 9.10. The maximum atomic E-state index is 12.5. The number of carbonyl (C=O) groups excluding carboxylic acids is 1. The van der Waals surface area contributed by atoms with Gasteiger partial charge in [-0.15, -0.1) is 0 Å². The number of rotatable bonds is 5. The molecule has 4 aromatic rings. The highest BCUT2D eigenvalue weighted by Gasteiger charge is 2.09. The van der Waals surface area contributed by atoms with Gasteiger partial charge in [0.2, 0.25) is 0 Å². The highest BCUT2D eigenvalue weighted by Crippen LogP contribution is 2.30. The topological polar surface area (TPSA) is 51.2 Å². The predicted octanol–water partition coefficient (Wildman–Crippen LogP) is 5.72. The first-order valence-corrected chi connectivity index (χ1v) is 9.63. The summed E-state index contributed by atoms with van der Waals surface area (Å²) >= 11 is 3.46. The molecule has 1 amide bonds. The van der Waals surface area contributed by atoms with Gasteiger partial charge in [0, 0.05) is 28.2 Å². The molecule has 1 heterocycles. The molecule has 0 bridgehead atoms. The molecule has 0 fully saturated rings. The normalized spacial score (nSPS) is 10.6. The maximum absolute atomic E-state index is 12.5. The van der Waals surface area contributed by atoms with Crippen molar-refractivity contribution in [2.75, 3.05) is 0 Å². The number of benzene rings is 3. The third-order valence-electron chi connectivity index (χ3n) is 4.28. The van der Waals surface area contributed by atoms with E-state index in [1.54, 1.807) is 18.3 Å². The highest BCUT2D eigenvalue weighted by atomic mass is 79.9. The lowest BCUT2D eigenvalue weighted by Gasteiger charge is -2.10. The standard InChI is InChI=1S/C23H17BrN2O2/c24-18-9-10-20-21(14-18)25-12-11-22(20)28-19-8-4-7-17(13-19)23(27)26-15-16-5-2-1-3-6-16/h1-14H,15H2,(H,26,27). The Morgan fingerprint density at radius 1 is 0.964 bits per heavy atom. The fourth-order valence-electron chi connectivity index (χ4n) is 2.89. The van der Waals surface area contributed by atoms with E-state index < -0.39 is 0 Å². The Balaban J connectivity index is 1.52. The fraction of sp³-hybridized carbons (Fsp3) is 0.0435. The van der Waals surface area contributed by atoms with E-state index in [-0.39, 0.29) is 5.91 Å². The second kappa shape index (κ2) is 8.23. The van der Waals surface area contributed by atoms with Gasteiger partial charge >= 0.3 is 0 Å². The van der Waals surface area contributed by atoms with Crippen molar-refractivity contribution in [3.63, 3.8) is 0 Å². The summed E-state index contributed by atoms with van der Waals surface area (Å²) in [6, 6.07) is 24.6. The number of pyridine rings is 1. The number of fused-ring (bicyclic) bond motifs is 1. The lowest BCUT2D eigenvalue weighted by molar-refractivity contribution is 0.0950. The molecule has 3 aromatic carbocycles. The predicted molar refractivity (Wildman–Crippen MR) is 114 cm³/mol. The second-order valence-electron chi connectivity index (χ2n) is 6.27. The van der Waals surface area contributed by atoms with Crippen molar-refractivity contribution in [2.24, 2.45) is 0 Å². The number of hydrogen-bond acceptors (Lipinski definition) is 3. The zero-order valence-electron chi connectivity index (χ0n) is 14.9. The van der Waals surface area contributed by atoms with E-state index in [1.165, 1.54) is 0 Å². The number of hydrogen-bond donors (Lipinski definition) is 1. The second-order valence-corrected chi connectivity index (χ2v) is 7.18. The van der Waals surface area contributed by atoms with Crippen LogP contribution >= 0.6 is 15.9 Å². The van der Waals surface area contributed by atoms with Crippen molar-refractivity contribution in [2.45, 2.75) is 6.54 Å². The summed E-state index contributed by atoms with van der Waals surface area (Å²) in [4.78, 5) is 16.9. The molecular formula is C23H17BrN2O2. The summed E-state index contributed by atoms with van der Waals surface area (Å²) in [5.41, 5.74) is 2.44. The van der Waals surface area contributed by atoms with Crippen molar-refractivity contribution in [3.8, 4) is 11.5 Å². The quantitative estimate of drug-likeness (QED) is 0.438. The van der Waals surface area contributed by atoms with Gasteiger partial charge in [-0.3, -0.25) is 9.78 Å². The van der Waals surface area contributed by atoms with Gasteiger partial charge in [0.05, 0.1) is 5.52 Å². The first kappa shape index (κ1) is 18.2. The van der Waals surface area contributed by atoms with Gasteiger partial charge in [-0.2, -0.15) is 0 Å². The molecule has 5 heteroatoms. The minimum atomic E-state index is -0.141. The summed E-state index contributed by atoms with van der Waals surface area (Å²) in [5, 5.41) is 3.84. The van der Waals surface area contributed by atoms with Crippen LogP contribution in [0, 0.1) is 0 Å². The summed E-state index contributed by atoms with van der Waals surface area (Å²) in [7, 11) is 0. The van der Waals surface area contributed by atoms with Crippen molar-refractivity contribution < 1.29 is 9.53 Å². The van der Waals surface area contributed by atoms with Crippen LogP contribution in [0.4, 0.5) is 0 Å². The van der Waals surface area contributed by atoms with Crippen LogP contribution in [0.1, 0.15) is 15.9 Å². The van der Waals surface area contributed by atoms with Crippen molar-refractivity contribution in [3.05, 3.63) is 101 Å². The van der Waals surface area contributed by atoms with E-state index in [4.69, 9.17) is 4.74 Å². The van der Waals surface area contributed by atoms with Gasteiger partial charge in [-0.1, -0.05) is 52.3 Å². The Morgan fingerprint density at radius 3 is 2.68 bits per heavy atom. The number of ether oxygens (including phenoxy) is 1. The van der Waals surface area contributed by atoms with Crippen LogP contribution < -0.4 is 10.1 Å². The van der Waals surface area contributed by atoms with Gasteiger partial charge in [0.1, 0.15) is 11.5 Å². The minimum absolute atomic E-state index is 0.141.